The first-order chi connectivity index (χ1) is 14.3. The van der Waals surface area contributed by atoms with Crippen LogP contribution >= 0.6 is 0 Å². The van der Waals surface area contributed by atoms with Gasteiger partial charge >= 0.3 is 0 Å². The Hall–Kier alpha value is -4.06. The Bertz CT molecular complexity index is 1190. The van der Waals surface area contributed by atoms with E-state index in [1.165, 1.54) is 10.9 Å². The summed E-state index contributed by atoms with van der Waals surface area (Å²) < 4.78 is 0. The zero-order chi connectivity index (χ0) is 19.5. The van der Waals surface area contributed by atoms with E-state index >= 15 is 0 Å². The summed E-state index contributed by atoms with van der Waals surface area (Å²) in [6.07, 6.45) is 7.24. The van der Waals surface area contributed by atoms with Gasteiger partial charge in [-0.15, -0.1) is 0 Å². The SMILES string of the molecule is c1ccc(-c2nc(NCc3ccc4cc[nH]c4c3)cc(-c3cccnc3)n2)nc1. The van der Waals surface area contributed by atoms with Crippen LogP contribution in [0.25, 0.3) is 33.7 Å². The highest BCUT2D eigenvalue weighted by Crippen LogP contribution is 2.23. The highest BCUT2D eigenvalue weighted by atomic mass is 15.0. The van der Waals surface area contributed by atoms with Crippen LogP contribution in [0.1, 0.15) is 5.56 Å². The molecule has 29 heavy (non-hydrogen) atoms. The van der Waals surface area contributed by atoms with E-state index < -0.39 is 0 Å². The molecule has 0 aliphatic carbocycles. The zero-order valence-corrected chi connectivity index (χ0v) is 15.6. The minimum Gasteiger partial charge on any atom is -0.366 e. The molecule has 1 aromatic carbocycles. The highest BCUT2D eigenvalue weighted by Gasteiger charge is 2.10. The summed E-state index contributed by atoms with van der Waals surface area (Å²) in [5.41, 5.74) is 4.76. The molecule has 0 radical (unpaired) electrons. The number of fused-ring (bicyclic) bond motifs is 1. The Labute approximate surface area is 167 Å². The molecule has 0 spiro atoms. The fourth-order valence-corrected chi connectivity index (χ4v) is 3.21. The van der Waals surface area contributed by atoms with E-state index in [-0.39, 0.29) is 0 Å². The average molecular weight is 378 g/mol. The maximum Gasteiger partial charge on any atom is 0.180 e. The summed E-state index contributed by atoms with van der Waals surface area (Å²) in [6.45, 7) is 0.653. The second kappa shape index (κ2) is 7.52. The third kappa shape index (κ3) is 3.68. The van der Waals surface area contributed by atoms with Gasteiger partial charge in [-0.2, -0.15) is 0 Å². The molecule has 4 aromatic heterocycles. The fraction of sp³-hybridized carbons (Fsp3) is 0.0435. The van der Waals surface area contributed by atoms with E-state index in [4.69, 9.17) is 4.98 Å². The number of aromatic nitrogens is 5. The molecule has 140 valence electrons. The normalized spacial score (nSPS) is 10.9. The van der Waals surface area contributed by atoms with Crippen LogP contribution in [0.15, 0.2) is 85.5 Å². The molecule has 4 heterocycles. The predicted octanol–water partition coefficient (Wildman–Crippen LogP) is 4.69. The van der Waals surface area contributed by atoms with Crippen molar-refractivity contribution in [2.75, 3.05) is 5.32 Å². The van der Waals surface area contributed by atoms with Gasteiger partial charge in [0.2, 0.25) is 0 Å². The molecule has 0 amide bonds. The van der Waals surface area contributed by atoms with Crippen molar-refractivity contribution < 1.29 is 0 Å². The molecule has 5 aromatic rings. The standard InChI is InChI=1S/C23H18N6/c1-2-10-25-19(5-1)23-28-21(18-4-3-9-24-15-18)13-22(29-23)27-14-16-6-7-17-8-11-26-20(17)12-16/h1-13,15,26H,14H2,(H,27,28,29). The van der Waals surface area contributed by atoms with Gasteiger partial charge in [0.15, 0.2) is 5.82 Å². The van der Waals surface area contributed by atoms with E-state index in [0.29, 0.717) is 12.4 Å². The Morgan fingerprint density at radius 1 is 0.862 bits per heavy atom. The first kappa shape index (κ1) is 17.1. The number of aromatic amines is 1. The van der Waals surface area contributed by atoms with E-state index in [2.05, 4.69) is 49.5 Å². The lowest BCUT2D eigenvalue weighted by Gasteiger charge is -2.10. The molecule has 0 bridgehead atoms. The van der Waals surface area contributed by atoms with Crippen molar-refractivity contribution in [1.82, 2.24) is 24.9 Å². The predicted molar refractivity (Wildman–Crippen MR) is 114 cm³/mol. The minimum absolute atomic E-state index is 0.578. The molecule has 5 rings (SSSR count). The van der Waals surface area contributed by atoms with Crippen LogP contribution in [-0.4, -0.2) is 24.9 Å². The number of nitrogens with one attached hydrogen (secondary N) is 2. The highest BCUT2D eigenvalue weighted by molar-refractivity contribution is 5.80. The van der Waals surface area contributed by atoms with E-state index in [1.54, 1.807) is 18.6 Å². The average Bonchev–Trinajstić information content (AvgIpc) is 3.27. The summed E-state index contributed by atoms with van der Waals surface area (Å²) in [4.78, 5) is 21.2. The maximum atomic E-state index is 4.70. The van der Waals surface area contributed by atoms with Gasteiger partial charge in [0, 0.05) is 48.5 Å². The van der Waals surface area contributed by atoms with Gasteiger partial charge in [0.1, 0.15) is 11.5 Å². The first-order valence-corrected chi connectivity index (χ1v) is 9.36. The summed E-state index contributed by atoms with van der Waals surface area (Å²) in [6, 6.07) is 20.0. The Balaban J connectivity index is 1.49. The molecular weight excluding hydrogens is 360 g/mol. The van der Waals surface area contributed by atoms with Gasteiger partial charge in [-0.05, 0) is 47.3 Å². The quantitative estimate of drug-likeness (QED) is 0.464. The van der Waals surface area contributed by atoms with Gasteiger partial charge in [-0.1, -0.05) is 18.2 Å². The van der Waals surface area contributed by atoms with Crippen LogP contribution in [0.5, 0.6) is 0 Å². The molecule has 0 aliphatic rings. The van der Waals surface area contributed by atoms with Crippen LogP contribution in [0.4, 0.5) is 5.82 Å². The van der Waals surface area contributed by atoms with Crippen molar-refractivity contribution >= 4 is 16.7 Å². The van der Waals surface area contributed by atoms with Crippen molar-refractivity contribution in [3.05, 3.63) is 91.0 Å². The molecule has 6 nitrogen and oxygen atoms in total. The maximum absolute atomic E-state index is 4.70. The van der Waals surface area contributed by atoms with E-state index in [1.807, 2.05) is 42.6 Å². The largest absolute Gasteiger partial charge is 0.366 e. The van der Waals surface area contributed by atoms with Gasteiger partial charge in [-0.3, -0.25) is 9.97 Å². The third-order valence-electron chi connectivity index (χ3n) is 4.67. The topological polar surface area (TPSA) is 79.4 Å². The number of hydrogen-bond donors (Lipinski definition) is 2. The molecule has 0 fully saturated rings. The van der Waals surface area contributed by atoms with Gasteiger partial charge in [0.05, 0.1) is 5.69 Å². The second-order valence-electron chi connectivity index (χ2n) is 6.67. The number of rotatable bonds is 5. The zero-order valence-electron chi connectivity index (χ0n) is 15.6. The first-order valence-electron chi connectivity index (χ1n) is 9.36. The van der Waals surface area contributed by atoms with Crippen molar-refractivity contribution in [3.63, 3.8) is 0 Å². The van der Waals surface area contributed by atoms with Crippen molar-refractivity contribution in [2.24, 2.45) is 0 Å². The Kier molecular flexibility index (Phi) is 4.42. The molecule has 0 saturated heterocycles. The van der Waals surface area contributed by atoms with E-state index in [0.717, 1.165) is 28.3 Å². The molecule has 0 aliphatic heterocycles. The lowest BCUT2D eigenvalue weighted by Crippen LogP contribution is -2.04. The molecule has 6 heteroatoms. The number of benzene rings is 1. The molecule has 0 saturated carbocycles. The molecule has 0 unspecified atom stereocenters. The summed E-state index contributed by atoms with van der Waals surface area (Å²) in [5.74, 6) is 1.32. The van der Waals surface area contributed by atoms with Crippen molar-refractivity contribution in [2.45, 2.75) is 6.54 Å². The van der Waals surface area contributed by atoms with Crippen LogP contribution in [0.2, 0.25) is 0 Å². The van der Waals surface area contributed by atoms with E-state index in [9.17, 15) is 0 Å². The smallest absolute Gasteiger partial charge is 0.180 e. The molecular formula is C23H18N6. The Morgan fingerprint density at radius 2 is 1.86 bits per heavy atom. The van der Waals surface area contributed by atoms with Crippen LogP contribution in [0.3, 0.4) is 0 Å². The summed E-state index contributed by atoms with van der Waals surface area (Å²) >= 11 is 0. The third-order valence-corrected chi connectivity index (χ3v) is 4.67. The van der Waals surface area contributed by atoms with Crippen molar-refractivity contribution in [3.8, 4) is 22.8 Å². The van der Waals surface area contributed by atoms with Crippen LogP contribution in [0, 0.1) is 0 Å². The van der Waals surface area contributed by atoms with Gasteiger partial charge in [-0.25, -0.2) is 9.97 Å². The summed E-state index contributed by atoms with van der Waals surface area (Å²) in [5, 5.41) is 4.63. The number of anilines is 1. The number of H-pyrrole nitrogens is 1. The van der Waals surface area contributed by atoms with Crippen LogP contribution < -0.4 is 5.32 Å². The number of hydrogen-bond acceptors (Lipinski definition) is 5. The lowest BCUT2D eigenvalue weighted by molar-refractivity contribution is 1.08. The Morgan fingerprint density at radius 3 is 2.72 bits per heavy atom. The minimum atomic E-state index is 0.578. The van der Waals surface area contributed by atoms with Gasteiger partial charge < -0.3 is 10.3 Å². The fourth-order valence-electron chi connectivity index (χ4n) is 3.21. The van der Waals surface area contributed by atoms with Crippen molar-refractivity contribution in [1.29, 1.82) is 0 Å². The molecule has 2 N–H and O–H groups in total. The van der Waals surface area contributed by atoms with Crippen LogP contribution in [-0.2, 0) is 6.54 Å². The number of nitrogens with zero attached hydrogens (tertiary/aromatic N) is 4. The monoisotopic (exact) mass is 378 g/mol. The lowest BCUT2D eigenvalue weighted by atomic mass is 10.1. The number of pyridine rings is 2. The molecule has 0 atom stereocenters. The van der Waals surface area contributed by atoms with Gasteiger partial charge in [0.25, 0.3) is 0 Å². The second-order valence-corrected chi connectivity index (χ2v) is 6.67. The summed E-state index contributed by atoms with van der Waals surface area (Å²) in [7, 11) is 0.